The summed E-state index contributed by atoms with van der Waals surface area (Å²) in [5.74, 6) is -0.111. The predicted octanol–water partition coefficient (Wildman–Crippen LogP) is 3.45. The van der Waals surface area contributed by atoms with Crippen LogP contribution in [0.15, 0.2) is 36.4 Å². The molecule has 0 atom stereocenters. The highest BCUT2D eigenvalue weighted by Crippen LogP contribution is 2.28. The third kappa shape index (κ3) is 5.16. The molecule has 1 aliphatic rings. The van der Waals surface area contributed by atoms with Crippen molar-refractivity contribution in [1.82, 2.24) is 10.6 Å². The number of hydrogen-bond donors (Lipinski definition) is 2. The van der Waals surface area contributed by atoms with E-state index in [4.69, 9.17) is 0 Å². The highest BCUT2D eigenvalue weighted by molar-refractivity contribution is 7.14. The smallest absolute Gasteiger partial charge is 0.261 e. The molecule has 5 heteroatoms. The topological polar surface area (TPSA) is 58.2 Å². The van der Waals surface area contributed by atoms with E-state index in [1.165, 1.54) is 29.7 Å². The summed E-state index contributed by atoms with van der Waals surface area (Å²) in [7, 11) is 0. The molecule has 0 spiro atoms. The van der Waals surface area contributed by atoms with Gasteiger partial charge in [-0.25, -0.2) is 0 Å². The number of amides is 2. The van der Waals surface area contributed by atoms with Gasteiger partial charge < -0.3 is 10.6 Å². The lowest BCUT2D eigenvalue weighted by Crippen LogP contribution is -2.30. The third-order valence-electron chi connectivity index (χ3n) is 4.44. The van der Waals surface area contributed by atoms with E-state index < -0.39 is 0 Å². The number of benzene rings is 1. The Morgan fingerprint density at radius 3 is 2.64 bits per heavy atom. The van der Waals surface area contributed by atoms with Crippen LogP contribution in [0.25, 0.3) is 0 Å². The Labute approximate surface area is 152 Å². The Balaban J connectivity index is 1.41. The summed E-state index contributed by atoms with van der Waals surface area (Å²) in [6.07, 6.45) is 6.18. The minimum Gasteiger partial charge on any atom is -0.352 e. The Morgan fingerprint density at radius 2 is 1.80 bits per heavy atom. The van der Waals surface area contributed by atoms with Gasteiger partial charge in [-0.1, -0.05) is 36.8 Å². The van der Waals surface area contributed by atoms with Gasteiger partial charge in [-0.05, 0) is 42.9 Å². The van der Waals surface area contributed by atoms with Crippen molar-refractivity contribution < 1.29 is 9.59 Å². The average molecular weight is 356 g/mol. The van der Waals surface area contributed by atoms with Gasteiger partial charge in [0.15, 0.2) is 0 Å². The first-order valence-corrected chi connectivity index (χ1v) is 9.74. The molecule has 4 nitrogen and oxygen atoms in total. The number of hydrogen-bond acceptors (Lipinski definition) is 3. The van der Waals surface area contributed by atoms with E-state index in [-0.39, 0.29) is 11.8 Å². The fourth-order valence-electron chi connectivity index (χ4n) is 3.04. The van der Waals surface area contributed by atoms with Gasteiger partial charge in [0.25, 0.3) is 5.91 Å². The number of fused-ring (bicyclic) bond motifs is 1. The lowest BCUT2D eigenvalue weighted by Gasteiger charge is -2.06. The molecule has 2 amide bonds. The molecule has 1 heterocycles. The van der Waals surface area contributed by atoms with Crippen molar-refractivity contribution in [2.75, 3.05) is 6.54 Å². The number of carbonyl (C=O) groups is 2. The SMILES string of the molecule is O=C(CCNC(=O)c1cc2c(s1)CCCCC2)NCc1ccccc1. The highest BCUT2D eigenvalue weighted by Gasteiger charge is 2.16. The summed E-state index contributed by atoms with van der Waals surface area (Å²) in [5.41, 5.74) is 2.41. The number of rotatable bonds is 6. The van der Waals surface area contributed by atoms with E-state index in [1.807, 2.05) is 36.4 Å². The van der Waals surface area contributed by atoms with E-state index in [1.54, 1.807) is 11.3 Å². The first kappa shape index (κ1) is 17.7. The van der Waals surface area contributed by atoms with Crippen LogP contribution >= 0.6 is 11.3 Å². The van der Waals surface area contributed by atoms with Crippen LogP contribution in [0.1, 0.15) is 51.4 Å². The zero-order valence-electron chi connectivity index (χ0n) is 14.3. The largest absolute Gasteiger partial charge is 0.352 e. The van der Waals surface area contributed by atoms with Crippen molar-refractivity contribution in [3.8, 4) is 0 Å². The summed E-state index contributed by atoms with van der Waals surface area (Å²) in [6, 6.07) is 11.8. The maximum atomic E-state index is 12.3. The van der Waals surface area contributed by atoms with Crippen molar-refractivity contribution in [3.63, 3.8) is 0 Å². The van der Waals surface area contributed by atoms with Crippen molar-refractivity contribution in [3.05, 3.63) is 57.3 Å². The Morgan fingerprint density at radius 1 is 1.00 bits per heavy atom. The quantitative estimate of drug-likeness (QED) is 0.779. The molecular weight excluding hydrogens is 332 g/mol. The summed E-state index contributed by atoms with van der Waals surface area (Å²) in [4.78, 5) is 26.3. The van der Waals surface area contributed by atoms with E-state index in [9.17, 15) is 9.59 Å². The molecular formula is C20H24N2O2S. The number of aryl methyl sites for hydroxylation is 2. The van der Waals surface area contributed by atoms with Crippen molar-refractivity contribution in [1.29, 1.82) is 0 Å². The minimum absolute atomic E-state index is 0.0499. The predicted molar refractivity (Wildman–Crippen MR) is 101 cm³/mol. The van der Waals surface area contributed by atoms with Crippen LogP contribution in [-0.4, -0.2) is 18.4 Å². The van der Waals surface area contributed by atoms with Gasteiger partial charge in [0.05, 0.1) is 4.88 Å². The molecule has 1 aromatic heterocycles. The lowest BCUT2D eigenvalue weighted by molar-refractivity contribution is -0.121. The van der Waals surface area contributed by atoms with Crippen molar-refractivity contribution in [2.24, 2.45) is 0 Å². The van der Waals surface area contributed by atoms with Crippen LogP contribution in [0.2, 0.25) is 0 Å². The molecule has 0 fully saturated rings. The van der Waals surface area contributed by atoms with E-state index in [2.05, 4.69) is 10.6 Å². The standard InChI is InChI=1S/C20H24N2O2S/c23-19(22-14-15-7-3-1-4-8-15)11-12-21-20(24)18-13-16-9-5-2-6-10-17(16)25-18/h1,3-4,7-8,13H,2,5-6,9-12,14H2,(H,21,24)(H,22,23). The van der Waals surface area contributed by atoms with Gasteiger partial charge in [0, 0.05) is 24.4 Å². The second-order valence-corrected chi connectivity index (χ2v) is 7.52. The molecule has 1 aromatic carbocycles. The van der Waals surface area contributed by atoms with Gasteiger partial charge in [0.2, 0.25) is 5.91 Å². The van der Waals surface area contributed by atoms with Crippen LogP contribution in [0.5, 0.6) is 0 Å². The van der Waals surface area contributed by atoms with Crippen LogP contribution in [0.4, 0.5) is 0 Å². The van der Waals surface area contributed by atoms with Crippen LogP contribution in [-0.2, 0) is 24.2 Å². The number of carbonyl (C=O) groups excluding carboxylic acids is 2. The lowest BCUT2D eigenvalue weighted by atomic mass is 10.1. The van der Waals surface area contributed by atoms with Crippen LogP contribution < -0.4 is 10.6 Å². The van der Waals surface area contributed by atoms with E-state index in [0.29, 0.717) is 19.5 Å². The summed E-state index contributed by atoms with van der Waals surface area (Å²) in [6.45, 7) is 0.882. The Kier molecular flexibility index (Phi) is 6.23. The van der Waals surface area contributed by atoms with E-state index in [0.717, 1.165) is 23.3 Å². The van der Waals surface area contributed by atoms with Gasteiger partial charge >= 0.3 is 0 Å². The maximum absolute atomic E-state index is 12.3. The average Bonchev–Trinajstić information content (AvgIpc) is 2.91. The van der Waals surface area contributed by atoms with Crippen molar-refractivity contribution in [2.45, 2.75) is 45.1 Å². The zero-order chi connectivity index (χ0) is 17.5. The molecule has 0 saturated carbocycles. The third-order valence-corrected chi connectivity index (χ3v) is 5.68. The molecule has 0 saturated heterocycles. The molecule has 0 radical (unpaired) electrons. The van der Waals surface area contributed by atoms with Crippen LogP contribution in [0.3, 0.4) is 0 Å². The second kappa shape index (κ2) is 8.81. The number of thiophene rings is 1. The first-order valence-electron chi connectivity index (χ1n) is 8.93. The molecule has 0 bridgehead atoms. The highest BCUT2D eigenvalue weighted by atomic mass is 32.1. The fraction of sp³-hybridized carbons (Fsp3) is 0.400. The molecule has 132 valence electrons. The molecule has 1 aliphatic carbocycles. The maximum Gasteiger partial charge on any atom is 0.261 e. The normalized spacial score (nSPS) is 13.6. The van der Waals surface area contributed by atoms with Gasteiger partial charge in [-0.2, -0.15) is 0 Å². The van der Waals surface area contributed by atoms with E-state index >= 15 is 0 Å². The number of nitrogens with one attached hydrogen (secondary N) is 2. The summed E-state index contributed by atoms with van der Waals surface area (Å²) in [5, 5.41) is 5.73. The molecule has 2 aromatic rings. The monoisotopic (exact) mass is 356 g/mol. The van der Waals surface area contributed by atoms with Gasteiger partial charge in [-0.3, -0.25) is 9.59 Å². The molecule has 25 heavy (non-hydrogen) atoms. The molecule has 0 aliphatic heterocycles. The fourth-order valence-corrected chi connectivity index (χ4v) is 4.21. The molecule has 2 N–H and O–H groups in total. The Bertz CT molecular complexity index is 701. The van der Waals surface area contributed by atoms with Crippen LogP contribution in [0, 0.1) is 0 Å². The first-order chi connectivity index (χ1) is 12.2. The summed E-state index contributed by atoms with van der Waals surface area (Å²) >= 11 is 1.61. The second-order valence-electron chi connectivity index (χ2n) is 6.39. The van der Waals surface area contributed by atoms with Gasteiger partial charge in [0.1, 0.15) is 0 Å². The molecule has 0 unspecified atom stereocenters. The van der Waals surface area contributed by atoms with Crippen molar-refractivity contribution >= 4 is 23.2 Å². The summed E-state index contributed by atoms with van der Waals surface area (Å²) < 4.78 is 0. The Hall–Kier alpha value is -2.14. The zero-order valence-corrected chi connectivity index (χ0v) is 15.2. The minimum atomic E-state index is -0.0612. The van der Waals surface area contributed by atoms with Gasteiger partial charge in [-0.15, -0.1) is 11.3 Å². The molecule has 3 rings (SSSR count).